The molecule has 21 heavy (non-hydrogen) atoms. The number of halogens is 1. The van der Waals surface area contributed by atoms with Crippen LogP contribution in [0.25, 0.3) is 0 Å². The number of rotatable bonds is 3. The van der Waals surface area contributed by atoms with Crippen LogP contribution in [0.2, 0.25) is 0 Å². The van der Waals surface area contributed by atoms with Crippen LogP contribution in [-0.2, 0) is 4.74 Å². The minimum Gasteiger partial charge on any atom is -0.378 e. The van der Waals surface area contributed by atoms with Gasteiger partial charge in [0.05, 0.1) is 25.3 Å². The van der Waals surface area contributed by atoms with E-state index in [9.17, 15) is 0 Å². The van der Waals surface area contributed by atoms with Gasteiger partial charge in [-0.05, 0) is 53.3 Å². The van der Waals surface area contributed by atoms with Crippen LogP contribution in [0.5, 0.6) is 0 Å². The molecule has 4 fully saturated rings. The Kier molecular flexibility index (Phi) is 3.12. The molecule has 0 amide bonds. The molecule has 3 heterocycles. The zero-order valence-corrected chi connectivity index (χ0v) is 14.4. The number of likely N-dealkylation sites (tertiary alicyclic amines) is 1. The van der Waals surface area contributed by atoms with Crippen molar-refractivity contribution in [2.45, 2.75) is 43.7 Å². The van der Waals surface area contributed by atoms with E-state index < -0.39 is 0 Å². The van der Waals surface area contributed by atoms with Crippen molar-refractivity contribution >= 4 is 22.6 Å². The van der Waals surface area contributed by atoms with Gasteiger partial charge in [-0.25, -0.2) is 0 Å². The molecule has 2 saturated heterocycles. The number of hydrogen-bond acceptors (Lipinski definition) is 3. The molecular formula is C16H22IN3O. The fraction of sp³-hybridized carbons (Fsp3) is 0.812. The van der Waals surface area contributed by atoms with Gasteiger partial charge in [-0.15, -0.1) is 0 Å². The van der Waals surface area contributed by atoms with Crippen molar-refractivity contribution in [1.82, 2.24) is 14.7 Å². The van der Waals surface area contributed by atoms with E-state index in [-0.39, 0.29) is 0 Å². The maximum atomic E-state index is 5.34. The summed E-state index contributed by atoms with van der Waals surface area (Å²) < 4.78 is 8.94. The van der Waals surface area contributed by atoms with Crippen molar-refractivity contribution < 1.29 is 4.74 Å². The van der Waals surface area contributed by atoms with E-state index in [1.54, 1.807) is 5.69 Å². The molecule has 0 spiro atoms. The highest BCUT2D eigenvalue weighted by atomic mass is 127. The van der Waals surface area contributed by atoms with E-state index in [4.69, 9.17) is 9.84 Å². The van der Waals surface area contributed by atoms with Crippen molar-refractivity contribution in [3.8, 4) is 0 Å². The molecular weight excluding hydrogens is 377 g/mol. The van der Waals surface area contributed by atoms with Crippen molar-refractivity contribution in [3.05, 3.63) is 15.5 Å². The lowest BCUT2D eigenvalue weighted by atomic mass is 10.1. The molecule has 0 radical (unpaired) electrons. The molecule has 1 aromatic heterocycles. The van der Waals surface area contributed by atoms with Crippen LogP contribution in [0, 0.1) is 15.5 Å². The maximum absolute atomic E-state index is 5.34. The predicted octanol–water partition coefficient (Wildman–Crippen LogP) is 2.65. The van der Waals surface area contributed by atoms with Crippen LogP contribution in [-0.4, -0.2) is 47.0 Å². The highest BCUT2D eigenvalue weighted by Gasteiger charge is 2.58. The second kappa shape index (κ2) is 4.93. The van der Waals surface area contributed by atoms with E-state index in [0.717, 1.165) is 37.0 Å². The van der Waals surface area contributed by atoms with Crippen LogP contribution in [0.1, 0.15) is 43.3 Å². The van der Waals surface area contributed by atoms with Gasteiger partial charge in [0.25, 0.3) is 0 Å². The number of nitrogens with zero attached hydrogens (tertiary/aromatic N) is 3. The fourth-order valence-corrected chi connectivity index (χ4v) is 5.35. The molecule has 2 aliphatic carbocycles. The Bertz CT molecular complexity index is 538. The second-order valence-electron chi connectivity index (χ2n) is 7.27. The van der Waals surface area contributed by atoms with Crippen molar-refractivity contribution in [2.24, 2.45) is 11.8 Å². The first kappa shape index (κ1) is 13.3. The Balaban J connectivity index is 1.34. The molecule has 0 N–H and O–H groups in total. The molecule has 114 valence electrons. The molecule has 1 aromatic rings. The minimum atomic E-state index is 0.681. The standard InChI is InChI=1S/C16H22IN3O/c17-15-5-14(20(18-15)10-3-1-2-4-10)16-12-6-19(7-13(12)16)11-8-21-9-11/h5,10-13,16H,1-4,6-9H2/t12-,13+,16+. The highest BCUT2D eigenvalue weighted by molar-refractivity contribution is 14.1. The van der Waals surface area contributed by atoms with E-state index in [0.29, 0.717) is 6.04 Å². The van der Waals surface area contributed by atoms with Crippen molar-refractivity contribution in [3.63, 3.8) is 0 Å². The SMILES string of the molecule is Ic1cc([C@H]2[C@@H]3CN(C4COC4)C[C@@H]32)n(C2CCCC2)n1. The summed E-state index contributed by atoms with van der Waals surface area (Å²) in [5.74, 6) is 2.57. The third-order valence-corrected chi connectivity index (χ3v) is 6.63. The van der Waals surface area contributed by atoms with Gasteiger partial charge in [0.2, 0.25) is 0 Å². The molecule has 4 aliphatic rings. The Hall–Kier alpha value is -0.140. The first-order valence-electron chi connectivity index (χ1n) is 8.38. The highest BCUT2D eigenvalue weighted by Crippen LogP contribution is 2.59. The summed E-state index contributed by atoms with van der Waals surface area (Å²) in [4.78, 5) is 2.66. The number of ether oxygens (including phenoxy) is 1. The topological polar surface area (TPSA) is 30.3 Å². The van der Waals surface area contributed by atoms with Gasteiger partial charge in [0.1, 0.15) is 3.70 Å². The molecule has 5 rings (SSSR count). The average molecular weight is 399 g/mol. The van der Waals surface area contributed by atoms with Gasteiger partial charge >= 0.3 is 0 Å². The Labute approximate surface area is 139 Å². The van der Waals surface area contributed by atoms with E-state index >= 15 is 0 Å². The third kappa shape index (κ3) is 2.10. The summed E-state index contributed by atoms with van der Waals surface area (Å²) in [7, 11) is 0. The third-order valence-electron chi connectivity index (χ3n) is 6.11. The zero-order valence-electron chi connectivity index (χ0n) is 12.2. The van der Waals surface area contributed by atoms with Crippen LogP contribution >= 0.6 is 22.6 Å². The van der Waals surface area contributed by atoms with E-state index in [1.807, 2.05) is 0 Å². The number of piperidine rings is 1. The molecule has 0 unspecified atom stereocenters. The average Bonchev–Trinajstić information content (AvgIpc) is 2.89. The molecule has 5 heteroatoms. The zero-order chi connectivity index (χ0) is 14.0. The van der Waals surface area contributed by atoms with Gasteiger partial charge in [-0.3, -0.25) is 9.58 Å². The Morgan fingerprint density at radius 1 is 1.10 bits per heavy atom. The normalized spacial score (nSPS) is 36.9. The molecule has 0 aromatic carbocycles. The number of aromatic nitrogens is 2. The smallest absolute Gasteiger partial charge is 0.123 e. The largest absolute Gasteiger partial charge is 0.378 e. The lowest BCUT2D eigenvalue weighted by Gasteiger charge is -2.35. The molecule has 3 atom stereocenters. The lowest BCUT2D eigenvalue weighted by molar-refractivity contribution is -0.0610. The van der Waals surface area contributed by atoms with E-state index in [2.05, 4.69) is 38.2 Å². The van der Waals surface area contributed by atoms with Gasteiger partial charge in [0.15, 0.2) is 0 Å². The first-order valence-corrected chi connectivity index (χ1v) is 9.46. The molecule has 0 bridgehead atoms. The van der Waals surface area contributed by atoms with E-state index in [1.165, 1.54) is 42.5 Å². The molecule has 2 saturated carbocycles. The summed E-state index contributed by atoms with van der Waals surface area (Å²) in [5.41, 5.74) is 1.55. The summed E-state index contributed by atoms with van der Waals surface area (Å²) in [6.45, 7) is 4.50. The Morgan fingerprint density at radius 2 is 1.81 bits per heavy atom. The summed E-state index contributed by atoms with van der Waals surface area (Å²) in [6.07, 6.45) is 5.43. The predicted molar refractivity (Wildman–Crippen MR) is 88.4 cm³/mol. The number of fused-ring (bicyclic) bond motifs is 1. The molecule has 4 nitrogen and oxygen atoms in total. The van der Waals surface area contributed by atoms with Crippen LogP contribution in [0.4, 0.5) is 0 Å². The van der Waals surface area contributed by atoms with Crippen molar-refractivity contribution in [1.29, 1.82) is 0 Å². The van der Waals surface area contributed by atoms with Gasteiger partial charge in [-0.2, -0.15) is 5.10 Å². The van der Waals surface area contributed by atoms with Gasteiger partial charge < -0.3 is 4.74 Å². The fourth-order valence-electron chi connectivity index (χ4n) is 4.80. The molecule has 2 aliphatic heterocycles. The summed E-state index contributed by atoms with van der Waals surface area (Å²) >= 11 is 2.39. The Morgan fingerprint density at radius 3 is 2.43 bits per heavy atom. The maximum Gasteiger partial charge on any atom is 0.123 e. The number of hydrogen-bond donors (Lipinski definition) is 0. The summed E-state index contributed by atoms with van der Waals surface area (Å²) in [6, 6.07) is 3.76. The quantitative estimate of drug-likeness (QED) is 0.733. The first-order chi connectivity index (χ1) is 10.3. The summed E-state index contributed by atoms with van der Waals surface area (Å²) in [5, 5.41) is 4.83. The van der Waals surface area contributed by atoms with Gasteiger partial charge in [0, 0.05) is 24.7 Å². The van der Waals surface area contributed by atoms with Crippen LogP contribution in [0.3, 0.4) is 0 Å². The minimum absolute atomic E-state index is 0.681. The second-order valence-corrected chi connectivity index (χ2v) is 8.38. The van der Waals surface area contributed by atoms with Crippen LogP contribution < -0.4 is 0 Å². The monoisotopic (exact) mass is 399 g/mol. The lowest BCUT2D eigenvalue weighted by Crippen LogP contribution is -2.48. The van der Waals surface area contributed by atoms with Crippen LogP contribution in [0.15, 0.2) is 6.07 Å². The van der Waals surface area contributed by atoms with Gasteiger partial charge in [-0.1, -0.05) is 12.8 Å². The van der Waals surface area contributed by atoms with Crippen molar-refractivity contribution in [2.75, 3.05) is 26.3 Å².